The van der Waals surface area contributed by atoms with Gasteiger partial charge in [-0.2, -0.15) is 19.9 Å². The number of hydrogen-bond donors (Lipinski definition) is 1. The van der Waals surface area contributed by atoms with Gasteiger partial charge >= 0.3 is 12.0 Å². The third-order valence-electron chi connectivity index (χ3n) is 11.1. The molecule has 3 aliphatic heterocycles. The zero-order valence-corrected chi connectivity index (χ0v) is 32.0. The van der Waals surface area contributed by atoms with Crippen molar-refractivity contribution in [3.8, 4) is 23.3 Å². The van der Waals surface area contributed by atoms with Crippen LogP contribution in [0.5, 0.6) is 6.01 Å². The number of amides is 1. The van der Waals surface area contributed by atoms with Gasteiger partial charge in [0.15, 0.2) is 5.82 Å². The summed E-state index contributed by atoms with van der Waals surface area (Å²) in [4.78, 5) is 37.8. The fraction of sp³-hybridized carbons (Fsp3) is 0.486. The average Bonchev–Trinajstić information content (AvgIpc) is 3.98. The maximum atomic E-state index is 17.2. The number of hydrogen-bond acceptors (Lipinski definition) is 12. The Balaban J connectivity index is 1.24. The zero-order chi connectivity index (χ0) is 37.9. The van der Waals surface area contributed by atoms with Gasteiger partial charge < -0.3 is 19.9 Å². The normalized spacial score (nSPS) is 19.6. The summed E-state index contributed by atoms with van der Waals surface area (Å²) >= 11 is 7.02. The first-order valence-corrected chi connectivity index (χ1v) is 19.5. The molecule has 54 heavy (non-hydrogen) atoms. The van der Waals surface area contributed by atoms with E-state index in [0.29, 0.717) is 42.3 Å². The van der Waals surface area contributed by atoms with Gasteiger partial charge in [0.1, 0.15) is 46.9 Å². The van der Waals surface area contributed by atoms with Gasteiger partial charge in [-0.1, -0.05) is 0 Å². The second-order valence-corrected chi connectivity index (χ2v) is 15.9. The van der Waals surface area contributed by atoms with E-state index in [0.717, 1.165) is 54.8 Å². The van der Waals surface area contributed by atoms with Gasteiger partial charge in [-0.15, -0.1) is 16.4 Å². The highest BCUT2D eigenvalue weighted by Gasteiger charge is 2.45. The van der Waals surface area contributed by atoms with Gasteiger partial charge in [0.2, 0.25) is 5.28 Å². The summed E-state index contributed by atoms with van der Waals surface area (Å²) < 4.78 is 40.3. The van der Waals surface area contributed by atoms with Crippen molar-refractivity contribution in [1.29, 1.82) is 5.26 Å². The minimum atomic E-state index is -0.737. The first kappa shape index (κ1) is 36.3. The van der Waals surface area contributed by atoms with Gasteiger partial charge in [0.05, 0.1) is 33.3 Å². The van der Waals surface area contributed by atoms with Crippen molar-refractivity contribution in [3.63, 3.8) is 0 Å². The summed E-state index contributed by atoms with van der Waals surface area (Å²) in [7, 11) is 0. The molecule has 2 unspecified atom stereocenters. The van der Waals surface area contributed by atoms with Crippen molar-refractivity contribution in [2.75, 3.05) is 43.0 Å². The lowest BCUT2D eigenvalue weighted by molar-refractivity contribution is 0.108. The van der Waals surface area contributed by atoms with E-state index in [1.807, 2.05) is 32.6 Å². The van der Waals surface area contributed by atoms with Gasteiger partial charge in [-0.25, -0.2) is 18.6 Å². The largest absolute Gasteiger partial charge is 0.461 e. The highest BCUT2D eigenvalue weighted by Crippen LogP contribution is 2.44. The zero-order valence-electron chi connectivity index (χ0n) is 30.4. The predicted octanol–water partition coefficient (Wildman–Crippen LogP) is 7.09. The second-order valence-electron chi connectivity index (χ2n) is 14.6. The van der Waals surface area contributed by atoms with Crippen molar-refractivity contribution in [2.24, 2.45) is 0 Å². The van der Waals surface area contributed by atoms with E-state index in [4.69, 9.17) is 21.3 Å². The van der Waals surface area contributed by atoms with Crippen molar-refractivity contribution in [2.45, 2.75) is 83.5 Å². The Hall–Kier alpha value is -4.72. The molecule has 4 aromatic heterocycles. The molecule has 1 aromatic carbocycles. The van der Waals surface area contributed by atoms with Crippen molar-refractivity contribution < 1.29 is 18.3 Å². The van der Waals surface area contributed by atoms with Crippen LogP contribution in [0.3, 0.4) is 0 Å². The lowest BCUT2D eigenvalue weighted by Gasteiger charge is -2.34. The number of nitriles is 1. The number of thiophene rings is 1. The van der Waals surface area contributed by atoms with Crippen LogP contribution < -0.4 is 15.0 Å². The van der Waals surface area contributed by atoms with Crippen LogP contribution in [0.1, 0.15) is 65.4 Å². The number of nitrogens with zero attached hydrogens (tertiary/aromatic N) is 10. The molecule has 1 N–H and O–H groups in total. The van der Waals surface area contributed by atoms with Gasteiger partial charge in [-0.05, 0) is 96.6 Å². The molecule has 17 heteroatoms. The Bertz CT molecular complexity index is 2300. The molecule has 1 amide bonds. The number of benzene rings is 1. The molecular weight excluding hydrogens is 736 g/mol. The van der Waals surface area contributed by atoms with E-state index < -0.39 is 11.6 Å². The molecule has 0 bridgehead atoms. The SMILES string of the molecule is CCN(c1nc(OCC23CCCN2CCC3)nc2c(F)c(-c3ccc(F)c4sc(NC(C)C)c(C#N)c34)ncc12)C1CCN(C(=O)n2cnc(Cl)n2)C1C. The van der Waals surface area contributed by atoms with Crippen LogP contribution in [-0.4, -0.2) is 102 Å². The van der Waals surface area contributed by atoms with Crippen LogP contribution in [0.15, 0.2) is 24.7 Å². The molecular formula is C37H40ClF2N11O2S. The highest BCUT2D eigenvalue weighted by atomic mass is 35.5. The van der Waals surface area contributed by atoms with E-state index in [9.17, 15) is 10.1 Å². The number of aromatic nitrogens is 6. The summed E-state index contributed by atoms with van der Waals surface area (Å²) in [6.45, 7) is 11.1. The molecule has 5 aromatic rings. The fourth-order valence-electron chi connectivity index (χ4n) is 8.61. The third-order valence-corrected chi connectivity index (χ3v) is 12.4. The van der Waals surface area contributed by atoms with Crippen LogP contribution in [0.25, 0.3) is 32.2 Å². The van der Waals surface area contributed by atoms with Crippen molar-refractivity contribution in [1.82, 2.24) is 39.5 Å². The Morgan fingerprint density at radius 1 is 1.20 bits per heavy atom. The number of pyridine rings is 1. The minimum absolute atomic E-state index is 0.00627. The minimum Gasteiger partial charge on any atom is -0.461 e. The standard InChI is InChI=1S/C37H40ClF2N11O2S/c1-5-49(26-10-15-50(21(26)4)36(52)51-19-43-34(38)47-51)32-24-17-42-29(22-8-9-25(39)31-27(22)23(16-41)33(54-31)44-20(2)3)28(40)30(24)45-35(46-32)53-18-37-11-6-13-48(37)14-7-12-37/h8-9,17,19-21,26,44H,5-7,10-15,18H2,1-4H3. The van der Waals surface area contributed by atoms with Crippen LogP contribution in [-0.2, 0) is 0 Å². The van der Waals surface area contributed by atoms with Gasteiger partial charge in [-0.3, -0.25) is 9.88 Å². The topological polar surface area (TPSA) is 141 Å². The quantitative estimate of drug-likeness (QED) is 0.164. The molecule has 8 rings (SSSR count). The number of anilines is 2. The molecule has 3 aliphatic rings. The lowest BCUT2D eigenvalue weighted by atomic mass is 9.95. The van der Waals surface area contributed by atoms with Crippen LogP contribution >= 0.6 is 22.9 Å². The first-order chi connectivity index (χ1) is 26.0. The molecule has 0 saturated carbocycles. The summed E-state index contributed by atoms with van der Waals surface area (Å²) in [6, 6.07) is 4.11. The molecule has 2 atom stereocenters. The van der Waals surface area contributed by atoms with Crippen LogP contribution in [0.2, 0.25) is 5.28 Å². The highest BCUT2D eigenvalue weighted by molar-refractivity contribution is 7.23. The van der Waals surface area contributed by atoms with Crippen LogP contribution in [0.4, 0.5) is 24.4 Å². The Morgan fingerprint density at radius 3 is 2.67 bits per heavy atom. The lowest BCUT2D eigenvalue weighted by Crippen LogP contribution is -2.47. The number of halogens is 3. The van der Waals surface area contributed by atoms with Crippen molar-refractivity contribution in [3.05, 3.63) is 47.1 Å². The molecule has 0 aliphatic carbocycles. The summed E-state index contributed by atoms with van der Waals surface area (Å²) in [5, 5.41) is 18.6. The van der Waals surface area contributed by atoms with Crippen LogP contribution in [0, 0.1) is 23.0 Å². The molecule has 3 saturated heterocycles. The summed E-state index contributed by atoms with van der Waals surface area (Å²) in [5.41, 5.74) is 0.329. The Morgan fingerprint density at radius 2 is 1.98 bits per heavy atom. The second kappa shape index (κ2) is 14.2. The van der Waals surface area contributed by atoms with E-state index in [1.54, 1.807) is 4.90 Å². The number of fused-ring (bicyclic) bond motifs is 3. The fourth-order valence-corrected chi connectivity index (χ4v) is 9.96. The monoisotopic (exact) mass is 775 g/mol. The van der Waals surface area contributed by atoms with E-state index in [2.05, 4.69) is 36.3 Å². The summed E-state index contributed by atoms with van der Waals surface area (Å²) in [6.07, 6.45) is 7.61. The Kier molecular flexibility index (Phi) is 9.51. The maximum Gasteiger partial charge on any atom is 0.346 e. The van der Waals surface area contributed by atoms with E-state index in [1.165, 1.54) is 24.7 Å². The molecule has 0 radical (unpaired) electrons. The number of likely N-dealkylation sites (N-methyl/N-ethyl adjacent to an activating group) is 1. The average molecular weight is 776 g/mol. The molecule has 0 spiro atoms. The molecule has 282 valence electrons. The number of rotatable bonds is 9. The number of carbonyl (C=O) groups excluding carboxylic acids is 1. The van der Waals surface area contributed by atoms with E-state index >= 15 is 8.78 Å². The number of likely N-dealkylation sites (tertiary alicyclic amines) is 1. The summed E-state index contributed by atoms with van der Waals surface area (Å²) in [5.74, 6) is -0.817. The number of carbonyl (C=O) groups is 1. The predicted molar refractivity (Wildman–Crippen MR) is 203 cm³/mol. The number of ether oxygens (including phenoxy) is 1. The third kappa shape index (κ3) is 6.06. The van der Waals surface area contributed by atoms with Crippen molar-refractivity contribution >= 4 is 60.8 Å². The first-order valence-electron chi connectivity index (χ1n) is 18.3. The number of nitrogens with one attached hydrogen (secondary N) is 1. The van der Waals surface area contributed by atoms with Gasteiger partial charge in [0, 0.05) is 36.3 Å². The molecule has 13 nitrogen and oxygen atoms in total. The smallest absolute Gasteiger partial charge is 0.346 e. The molecule has 7 heterocycles. The Labute approximate surface area is 319 Å². The maximum absolute atomic E-state index is 17.2. The van der Waals surface area contributed by atoms with Gasteiger partial charge in [0.25, 0.3) is 0 Å². The molecule has 3 fully saturated rings. The van der Waals surface area contributed by atoms with E-state index in [-0.39, 0.29) is 73.4 Å².